The summed E-state index contributed by atoms with van der Waals surface area (Å²) in [5, 5.41) is 15.8. The van der Waals surface area contributed by atoms with E-state index < -0.39 is 0 Å². The van der Waals surface area contributed by atoms with Crippen LogP contribution in [0.5, 0.6) is 0 Å². The third-order valence-electron chi connectivity index (χ3n) is 2.29. The maximum atomic E-state index is 8.47. The predicted molar refractivity (Wildman–Crippen MR) is 72.3 cm³/mol. The minimum absolute atomic E-state index is 0.0119. The van der Waals surface area contributed by atoms with Crippen molar-refractivity contribution in [1.82, 2.24) is 0 Å². The fourth-order valence-electron chi connectivity index (χ4n) is 1.43. The van der Waals surface area contributed by atoms with Crippen molar-refractivity contribution in [2.45, 2.75) is 26.3 Å². The third-order valence-corrected chi connectivity index (χ3v) is 3.01. The standard InChI is InChI=1S/C11H15Cl2N3O/c1-6-3-9(13)10(5-8(6)12)15-7(2)4-11(14)16-17/h3,5,7,15,17H,4H2,1-2H3,(H2,14,16). The van der Waals surface area contributed by atoms with E-state index in [0.29, 0.717) is 16.5 Å². The second-order valence-corrected chi connectivity index (χ2v) is 4.74. The van der Waals surface area contributed by atoms with E-state index in [0.717, 1.165) is 11.3 Å². The van der Waals surface area contributed by atoms with Crippen molar-refractivity contribution in [2.75, 3.05) is 5.32 Å². The van der Waals surface area contributed by atoms with Crippen LogP contribution in [-0.2, 0) is 0 Å². The number of oxime groups is 1. The number of rotatable bonds is 4. The van der Waals surface area contributed by atoms with Gasteiger partial charge in [0.05, 0.1) is 10.7 Å². The number of aryl methyl sites for hydroxylation is 1. The van der Waals surface area contributed by atoms with Crippen LogP contribution in [0.4, 0.5) is 5.69 Å². The minimum Gasteiger partial charge on any atom is -0.409 e. The monoisotopic (exact) mass is 275 g/mol. The maximum Gasteiger partial charge on any atom is 0.141 e. The molecule has 0 bridgehead atoms. The van der Waals surface area contributed by atoms with E-state index in [-0.39, 0.29) is 11.9 Å². The zero-order chi connectivity index (χ0) is 13.0. The molecule has 0 saturated carbocycles. The number of halogens is 2. The molecule has 0 aliphatic carbocycles. The molecular weight excluding hydrogens is 261 g/mol. The third kappa shape index (κ3) is 3.98. The van der Waals surface area contributed by atoms with Gasteiger partial charge >= 0.3 is 0 Å². The normalized spacial score (nSPS) is 13.5. The van der Waals surface area contributed by atoms with Crippen LogP contribution in [0, 0.1) is 6.92 Å². The van der Waals surface area contributed by atoms with Crippen molar-refractivity contribution in [3.05, 3.63) is 27.7 Å². The van der Waals surface area contributed by atoms with E-state index in [4.69, 9.17) is 34.1 Å². The quantitative estimate of drug-likeness (QED) is 0.342. The largest absolute Gasteiger partial charge is 0.409 e. The molecule has 0 spiro atoms. The van der Waals surface area contributed by atoms with Gasteiger partial charge in [-0.05, 0) is 31.5 Å². The highest BCUT2D eigenvalue weighted by Gasteiger charge is 2.09. The van der Waals surface area contributed by atoms with Crippen LogP contribution < -0.4 is 11.1 Å². The second-order valence-electron chi connectivity index (χ2n) is 3.92. The van der Waals surface area contributed by atoms with Crippen LogP contribution in [0.2, 0.25) is 10.0 Å². The van der Waals surface area contributed by atoms with Crippen molar-refractivity contribution in [3.8, 4) is 0 Å². The van der Waals surface area contributed by atoms with E-state index in [1.807, 2.05) is 13.8 Å². The highest BCUT2D eigenvalue weighted by molar-refractivity contribution is 6.35. The number of hydrogen-bond acceptors (Lipinski definition) is 3. The van der Waals surface area contributed by atoms with Crippen molar-refractivity contribution in [1.29, 1.82) is 0 Å². The Hall–Kier alpha value is -1.13. The van der Waals surface area contributed by atoms with Crippen LogP contribution >= 0.6 is 23.2 Å². The first-order chi connectivity index (χ1) is 7.93. The number of nitrogens with zero attached hydrogens (tertiary/aromatic N) is 1. The molecule has 1 aromatic carbocycles. The minimum atomic E-state index is -0.0119. The number of anilines is 1. The SMILES string of the molecule is Cc1cc(Cl)c(NC(C)C/C(N)=N/O)cc1Cl. The van der Waals surface area contributed by atoms with Gasteiger partial charge in [0.15, 0.2) is 0 Å². The molecule has 6 heteroatoms. The average molecular weight is 276 g/mol. The summed E-state index contributed by atoms with van der Waals surface area (Å²) in [4.78, 5) is 0. The molecule has 1 atom stereocenters. The predicted octanol–water partition coefficient (Wildman–Crippen LogP) is 3.24. The van der Waals surface area contributed by atoms with Gasteiger partial charge in [-0.1, -0.05) is 28.4 Å². The zero-order valence-corrected chi connectivity index (χ0v) is 11.2. The average Bonchev–Trinajstić information content (AvgIpc) is 2.25. The lowest BCUT2D eigenvalue weighted by atomic mass is 10.2. The van der Waals surface area contributed by atoms with E-state index in [9.17, 15) is 0 Å². The number of hydrogen-bond donors (Lipinski definition) is 3. The summed E-state index contributed by atoms with van der Waals surface area (Å²) in [5.74, 6) is 0.166. The van der Waals surface area contributed by atoms with E-state index in [1.165, 1.54) is 0 Å². The lowest BCUT2D eigenvalue weighted by Gasteiger charge is -2.16. The van der Waals surface area contributed by atoms with Gasteiger partial charge in [-0.3, -0.25) is 0 Å². The molecule has 0 aromatic heterocycles. The Kier molecular flexibility index (Phi) is 4.90. The molecule has 0 fully saturated rings. The molecule has 0 amide bonds. The molecule has 1 rings (SSSR count). The van der Waals surface area contributed by atoms with Gasteiger partial charge in [0, 0.05) is 17.5 Å². The van der Waals surface area contributed by atoms with E-state index in [1.54, 1.807) is 12.1 Å². The molecule has 0 aliphatic rings. The second kappa shape index (κ2) is 5.98. The Bertz CT molecular complexity index is 435. The number of nitrogens with two attached hydrogens (primary N) is 1. The van der Waals surface area contributed by atoms with Crippen molar-refractivity contribution in [3.63, 3.8) is 0 Å². The number of nitrogens with one attached hydrogen (secondary N) is 1. The summed E-state index contributed by atoms with van der Waals surface area (Å²) in [5.41, 5.74) is 7.08. The van der Waals surface area contributed by atoms with Gasteiger partial charge in [-0.25, -0.2) is 0 Å². The molecule has 17 heavy (non-hydrogen) atoms. The fraction of sp³-hybridized carbons (Fsp3) is 0.364. The van der Waals surface area contributed by atoms with Gasteiger partial charge in [-0.15, -0.1) is 0 Å². The van der Waals surface area contributed by atoms with Crippen LogP contribution in [0.15, 0.2) is 17.3 Å². The van der Waals surface area contributed by atoms with Crippen molar-refractivity contribution >= 4 is 34.7 Å². The van der Waals surface area contributed by atoms with E-state index in [2.05, 4.69) is 10.5 Å². The first kappa shape index (κ1) is 13.9. The molecule has 4 N–H and O–H groups in total. The lowest BCUT2D eigenvalue weighted by molar-refractivity contribution is 0.316. The highest BCUT2D eigenvalue weighted by atomic mass is 35.5. The first-order valence-electron chi connectivity index (χ1n) is 5.12. The first-order valence-corrected chi connectivity index (χ1v) is 5.88. The Morgan fingerprint density at radius 2 is 2.12 bits per heavy atom. The molecule has 0 radical (unpaired) electrons. The molecule has 0 aliphatic heterocycles. The Morgan fingerprint density at radius 1 is 1.47 bits per heavy atom. The summed E-state index contributed by atoms with van der Waals surface area (Å²) >= 11 is 12.1. The molecule has 0 heterocycles. The van der Waals surface area contributed by atoms with Crippen LogP contribution in [0.1, 0.15) is 18.9 Å². The molecular formula is C11H15Cl2N3O. The zero-order valence-electron chi connectivity index (χ0n) is 9.67. The lowest BCUT2D eigenvalue weighted by Crippen LogP contribution is -2.24. The Morgan fingerprint density at radius 3 is 2.71 bits per heavy atom. The van der Waals surface area contributed by atoms with Crippen molar-refractivity contribution < 1.29 is 5.21 Å². The summed E-state index contributed by atoms with van der Waals surface area (Å²) in [6.07, 6.45) is 0.415. The summed E-state index contributed by atoms with van der Waals surface area (Å²) in [6.45, 7) is 3.79. The molecule has 4 nitrogen and oxygen atoms in total. The fourth-order valence-corrected chi connectivity index (χ4v) is 1.86. The number of amidine groups is 1. The van der Waals surface area contributed by atoms with Crippen LogP contribution in [0.3, 0.4) is 0 Å². The van der Waals surface area contributed by atoms with Crippen LogP contribution in [0.25, 0.3) is 0 Å². The van der Waals surface area contributed by atoms with Gasteiger partial charge in [0.1, 0.15) is 5.84 Å². The number of benzene rings is 1. The molecule has 94 valence electrons. The summed E-state index contributed by atoms with van der Waals surface area (Å²) in [7, 11) is 0. The smallest absolute Gasteiger partial charge is 0.141 e. The van der Waals surface area contributed by atoms with Gasteiger partial charge in [0.25, 0.3) is 0 Å². The summed E-state index contributed by atoms with van der Waals surface area (Å²) in [6, 6.07) is 3.55. The van der Waals surface area contributed by atoms with Crippen LogP contribution in [-0.4, -0.2) is 17.1 Å². The van der Waals surface area contributed by atoms with E-state index >= 15 is 0 Å². The molecule has 0 saturated heterocycles. The molecule has 1 unspecified atom stereocenters. The van der Waals surface area contributed by atoms with Gasteiger partial charge in [-0.2, -0.15) is 0 Å². The topological polar surface area (TPSA) is 70.6 Å². The maximum absolute atomic E-state index is 8.47. The molecule has 1 aromatic rings. The highest BCUT2D eigenvalue weighted by Crippen LogP contribution is 2.29. The van der Waals surface area contributed by atoms with Gasteiger partial charge in [0.2, 0.25) is 0 Å². The summed E-state index contributed by atoms with van der Waals surface area (Å²) < 4.78 is 0. The van der Waals surface area contributed by atoms with Gasteiger partial charge < -0.3 is 16.3 Å². The van der Waals surface area contributed by atoms with Crippen molar-refractivity contribution in [2.24, 2.45) is 10.9 Å². The Labute approximate surface area is 110 Å². The Balaban J connectivity index is 2.78.